The molecule has 0 saturated heterocycles. The predicted octanol–water partition coefficient (Wildman–Crippen LogP) is 1.39. The lowest BCUT2D eigenvalue weighted by molar-refractivity contribution is -0.679. The van der Waals surface area contributed by atoms with E-state index in [1.807, 2.05) is 43.6 Å². The Morgan fingerprint density at radius 2 is 2.20 bits per heavy atom. The number of rotatable bonds is 9. The quantitative estimate of drug-likeness (QED) is 0.275. The number of aromatic nitrogens is 1. The molecule has 0 saturated carbocycles. The smallest absolute Gasteiger partial charge is 0.234 e. The number of carbonyl (C=O) groups excluding carboxylic acids is 2. The fraction of sp³-hybridized carbons (Fsp3) is 0.333. The lowest BCUT2D eigenvalue weighted by Gasteiger charge is -2.15. The zero-order valence-corrected chi connectivity index (χ0v) is 17.8. The standard InChI is InChI=1S/C21H26N6O2S/c1-27-12-3-2-5-18(27)8-6-16-13-17(7-9-19(16)26-24-15-28)25-20(29)14-30-21-22-10-4-11-23-21/h2-3,5,7,9,12-13,15,26H,4,6,8,10-11,14H2,1H3,(H2-,22,23,24,25,28,29)/p+1. The minimum Gasteiger partial charge on any atom is -0.365 e. The normalized spacial score (nSPS) is 13.0. The van der Waals surface area contributed by atoms with E-state index in [2.05, 4.69) is 37.1 Å². The number of aryl methyl sites for hydroxylation is 3. The van der Waals surface area contributed by atoms with Crippen molar-refractivity contribution in [1.29, 1.82) is 0 Å². The number of hydrazine groups is 1. The topological polar surface area (TPSA) is 98.5 Å². The van der Waals surface area contributed by atoms with Gasteiger partial charge in [-0.15, -0.1) is 0 Å². The first-order chi connectivity index (χ1) is 14.7. The van der Waals surface area contributed by atoms with E-state index in [0.717, 1.165) is 54.5 Å². The Bertz CT molecular complexity index is 918. The van der Waals surface area contributed by atoms with Crippen LogP contribution in [0.4, 0.5) is 11.4 Å². The van der Waals surface area contributed by atoms with Gasteiger partial charge in [0.15, 0.2) is 17.1 Å². The maximum Gasteiger partial charge on any atom is 0.234 e. The molecule has 4 N–H and O–H groups in total. The van der Waals surface area contributed by atoms with Crippen LogP contribution in [0.2, 0.25) is 0 Å². The van der Waals surface area contributed by atoms with E-state index in [-0.39, 0.29) is 5.91 Å². The summed E-state index contributed by atoms with van der Waals surface area (Å²) >= 11 is 1.42. The maximum absolute atomic E-state index is 12.4. The van der Waals surface area contributed by atoms with Gasteiger partial charge in [0.25, 0.3) is 0 Å². The number of nitrogens with zero attached hydrogens (tertiary/aromatic N) is 2. The number of aliphatic imine (C=N–C) groups is 1. The molecule has 0 bridgehead atoms. The second-order valence-electron chi connectivity index (χ2n) is 6.87. The summed E-state index contributed by atoms with van der Waals surface area (Å²) in [6, 6.07) is 11.7. The van der Waals surface area contributed by atoms with Gasteiger partial charge in [-0.3, -0.25) is 25.4 Å². The van der Waals surface area contributed by atoms with Crippen molar-refractivity contribution < 1.29 is 14.2 Å². The molecule has 8 nitrogen and oxygen atoms in total. The van der Waals surface area contributed by atoms with Gasteiger partial charge in [0.1, 0.15) is 7.05 Å². The van der Waals surface area contributed by atoms with E-state index in [9.17, 15) is 9.59 Å². The SMILES string of the molecule is C[n+]1ccccc1CCc1cc(NC(=O)CSC2=NCCCN2)ccc1NNC=O. The van der Waals surface area contributed by atoms with Crippen molar-refractivity contribution in [3.8, 4) is 0 Å². The highest BCUT2D eigenvalue weighted by Gasteiger charge is 2.12. The van der Waals surface area contributed by atoms with Crippen LogP contribution in [0.1, 0.15) is 17.7 Å². The second-order valence-corrected chi connectivity index (χ2v) is 7.83. The molecule has 0 radical (unpaired) electrons. The second kappa shape index (κ2) is 11.2. The molecular formula is C21H27N6O2S+. The number of pyridine rings is 1. The molecule has 1 aliphatic rings. The molecular weight excluding hydrogens is 400 g/mol. The van der Waals surface area contributed by atoms with E-state index in [4.69, 9.17) is 0 Å². The Kier molecular flexibility index (Phi) is 8.08. The highest BCUT2D eigenvalue weighted by molar-refractivity contribution is 8.14. The number of carbonyl (C=O) groups is 2. The van der Waals surface area contributed by atoms with E-state index in [1.54, 1.807) is 0 Å². The van der Waals surface area contributed by atoms with Crippen molar-refractivity contribution in [3.63, 3.8) is 0 Å². The van der Waals surface area contributed by atoms with Crippen molar-refractivity contribution in [1.82, 2.24) is 10.7 Å². The fourth-order valence-corrected chi connectivity index (χ4v) is 3.85. The molecule has 2 heterocycles. The molecule has 2 aromatic rings. The average Bonchev–Trinajstić information content (AvgIpc) is 2.77. The predicted molar refractivity (Wildman–Crippen MR) is 120 cm³/mol. The summed E-state index contributed by atoms with van der Waals surface area (Å²) in [5.41, 5.74) is 9.10. The number of benzene rings is 1. The van der Waals surface area contributed by atoms with Crippen LogP contribution in [0.3, 0.4) is 0 Å². The molecule has 0 fully saturated rings. The molecule has 158 valence electrons. The molecule has 3 rings (SSSR count). The highest BCUT2D eigenvalue weighted by atomic mass is 32.2. The van der Waals surface area contributed by atoms with E-state index < -0.39 is 0 Å². The van der Waals surface area contributed by atoms with Crippen molar-refractivity contribution in [2.75, 3.05) is 29.6 Å². The van der Waals surface area contributed by atoms with E-state index >= 15 is 0 Å². The summed E-state index contributed by atoms with van der Waals surface area (Å²) in [6.07, 6.45) is 5.21. The maximum atomic E-state index is 12.4. The zero-order valence-electron chi connectivity index (χ0n) is 17.0. The van der Waals surface area contributed by atoms with Gasteiger partial charge in [-0.2, -0.15) is 0 Å². The van der Waals surface area contributed by atoms with Gasteiger partial charge in [-0.05, 0) is 36.6 Å². The summed E-state index contributed by atoms with van der Waals surface area (Å²) in [4.78, 5) is 27.4. The Labute approximate surface area is 180 Å². The van der Waals surface area contributed by atoms with Crippen LogP contribution in [0, 0.1) is 0 Å². The molecule has 0 spiro atoms. The van der Waals surface area contributed by atoms with Crippen molar-refractivity contribution in [2.45, 2.75) is 19.3 Å². The minimum absolute atomic E-state index is 0.0813. The molecule has 30 heavy (non-hydrogen) atoms. The van der Waals surface area contributed by atoms with Crippen molar-refractivity contribution >= 4 is 40.6 Å². The first-order valence-corrected chi connectivity index (χ1v) is 10.9. The van der Waals surface area contributed by atoms with Gasteiger partial charge in [-0.25, -0.2) is 4.57 Å². The molecule has 1 aliphatic heterocycles. The van der Waals surface area contributed by atoms with Gasteiger partial charge in [0.2, 0.25) is 12.3 Å². The van der Waals surface area contributed by atoms with Crippen molar-refractivity contribution in [2.24, 2.45) is 12.0 Å². The minimum atomic E-state index is -0.0813. The zero-order chi connectivity index (χ0) is 21.2. The fourth-order valence-electron chi connectivity index (χ4n) is 3.13. The first kappa shape index (κ1) is 21.6. The number of thioether (sulfide) groups is 1. The van der Waals surface area contributed by atoms with Crippen LogP contribution in [0.15, 0.2) is 47.6 Å². The summed E-state index contributed by atoms with van der Waals surface area (Å²) in [5, 5.41) is 6.97. The van der Waals surface area contributed by atoms with Gasteiger partial charge in [-0.1, -0.05) is 17.8 Å². The number of amides is 2. The Morgan fingerprint density at radius 1 is 1.30 bits per heavy atom. The highest BCUT2D eigenvalue weighted by Crippen LogP contribution is 2.22. The third kappa shape index (κ3) is 6.48. The monoisotopic (exact) mass is 427 g/mol. The third-order valence-electron chi connectivity index (χ3n) is 4.67. The molecule has 0 unspecified atom stereocenters. The van der Waals surface area contributed by atoms with Crippen LogP contribution < -0.4 is 26.1 Å². The Morgan fingerprint density at radius 3 is 2.97 bits per heavy atom. The summed E-state index contributed by atoms with van der Waals surface area (Å²) < 4.78 is 2.08. The lowest BCUT2D eigenvalue weighted by atomic mass is 10.0. The molecule has 9 heteroatoms. The largest absolute Gasteiger partial charge is 0.365 e. The van der Waals surface area contributed by atoms with Gasteiger partial charge in [0.05, 0.1) is 11.4 Å². The molecule has 0 atom stereocenters. The molecule has 2 amide bonds. The third-order valence-corrected chi connectivity index (χ3v) is 5.63. The van der Waals surface area contributed by atoms with Gasteiger partial charge >= 0.3 is 0 Å². The number of nitrogens with one attached hydrogen (secondary N) is 4. The Hall–Kier alpha value is -3.07. The van der Waals surface area contributed by atoms with Crippen LogP contribution >= 0.6 is 11.8 Å². The lowest BCUT2D eigenvalue weighted by Crippen LogP contribution is -2.33. The van der Waals surface area contributed by atoms with Crippen LogP contribution in [-0.2, 0) is 29.5 Å². The van der Waals surface area contributed by atoms with Gasteiger partial charge < -0.3 is 10.6 Å². The first-order valence-electron chi connectivity index (χ1n) is 9.88. The number of hydrogen-bond acceptors (Lipinski definition) is 6. The van der Waals surface area contributed by atoms with Crippen LogP contribution in [-0.4, -0.2) is 36.3 Å². The number of anilines is 2. The van der Waals surface area contributed by atoms with Gasteiger partial charge in [0, 0.05) is 37.3 Å². The molecule has 1 aromatic carbocycles. The molecule has 1 aromatic heterocycles. The summed E-state index contributed by atoms with van der Waals surface area (Å²) in [5.74, 6) is 0.218. The Balaban J connectivity index is 1.64. The van der Waals surface area contributed by atoms with Crippen LogP contribution in [0.5, 0.6) is 0 Å². The average molecular weight is 428 g/mol. The number of hydrogen-bond donors (Lipinski definition) is 4. The molecule has 0 aliphatic carbocycles. The summed E-state index contributed by atoms with van der Waals surface area (Å²) in [7, 11) is 2.02. The number of amidine groups is 1. The summed E-state index contributed by atoms with van der Waals surface area (Å²) in [6.45, 7) is 1.71. The van der Waals surface area contributed by atoms with Crippen LogP contribution in [0.25, 0.3) is 0 Å². The van der Waals surface area contributed by atoms with Crippen molar-refractivity contribution in [3.05, 3.63) is 53.9 Å². The van der Waals surface area contributed by atoms with E-state index in [1.165, 1.54) is 17.5 Å². The van der Waals surface area contributed by atoms with E-state index in [0.29, 0.717) is 12.2 Å².